The summed E-state index contributed by atoms with van der Waals surface area (Å²) in [6, 6.07) is 4.78. The molecule has 0 amide bonds. The predicted molar refractivity (Wildman–Crippen MR) is 128 cm³/mol. The number of carbonyl (C=O) groups excluding carboxylic acids is 3. The van der Waals surface area contributed by atoms with Crippen molar-refractivity contribution in [3.05, 3.63) is 23.8 Å². The van der Waals surface area contributed by atoms with Crippen LogP contribution in [0, 0.1) is 11.8 Å². The van der Waals surface area contributed by atoms with Crippen molar-refractivity contribution in [1.29, 1.82) is 0 Å². The largest absolute Gasteiger partial charge is 0.423 e. The van der Waals surface area contributed by atoms with Gasteiger partial charge in [-0.25, -0.2) is 0 Å². The van der Waals surface area contributed by atoms with Gasteiger partial charge in [-0.1, -0.05) is 47.5 Å². The van der Waals surface area contributed by atoms with Crippen LogP contribution < -0.4 is 14.8 Å². The van der Waals surface area contributed by atoms with Gasteiger partial charge in [0.15, 0.2) is 17.3 Å². The van der Waals surface area contributed by atoms with E-state index >= 15 is 0 Å². The zero-order chi connectivity index (χ0) is 23.0. The Bertz CT molecular complexity index is 772. The van der Waals surface area contributed by atoms with Crippen LogP contribution >= 0.6 is 12.4 Å². The van der Waals surface area contributed by atoms with Crippen molar-refractivity contribution in [1.82, 2.24) is 5.32 Å². The van der Waals surface area contributed by atoms with Gasteiger partial charge in [-0.15, -0.1) is 12.4 Å². The second-order valence-electron chi connectivity index (χ2n) is 9.28. The molecule has 7 heteroatoms. The molecule has 0 saturated heterocycles. The average Bonchev–Trinajstić information content (AvgIpc) is 3.18. The summed E-state index contributed by atoms with van der Waals surface area (Å²) in [6.45, 7) is 9.68. The number of esters is 2. The third-order valence-corrected chi connectivity index (χ3v) is 5.34. The number of halogens is 1. The number of rotatable bonds is 11. The molecule has 1 aliphatic carbocycles. The van der Waals surface area contributed by atoms with Gasteiger partial charge < -0.3 is 14.8 Å². The van der Waals surface area contributed by atoms with E-state index in [2.05, 4.69) is 5.32 Å². The lowest BCUT2D eigenvalue weighted by Gasteiger charge is -2.21. The maximum atomic E-state index is 13.1. The standard InChI is InChI=1S/C25H37NO5.ClH/c1-6-20(26-19-9-7-8-10-19)25(29)18-11-12-21(30-23(27)13-16(2)3)22(15-18)31-24(28)14-17(4)5;/h11-12,15-17,19-20,26H,6-10,13-14H2,1-5H3;1H. The number of Topliss-reactive ketones (excluding diaryl/α,β-unsaturated/α-hetero) is 1. The van der Waals surface area contributed by atoms with Crippen molar-refractivity contribution in [2.24, 2.45) is 11.8 Å². The monoisotopic (exact) mass is 467 g/mol. The molecule has 1 aliphatic rings. The highest BCUT2D eigenvalue weighted by Crippen LogP contribution is 2.31. The SMILES string of the molecule is CCC(NC1CCCC1)C(=O)c1ccc(OC(=O)CC(C)C)c(OC(=O)CC(C)C)c1.Cl. The smallest absolute Gasteiger partial charge is 0.311 e. The molecule has 32 heavy (non-hydrogen) atoms. The Balaban J connectivity index is 0.00000512. The fourth-order valence-corrected chi connectivity index (χ4v) is 3.78. The van der Waals surface area contributed by atoms with Crippen LogP contribution in [0.25, 0.3) is 0 Å². The van der Waals surface area contributed by atoms with Crippen LogP contribution in [0.15, 0.2) is 18.2 Å². The van der Waals surface area contributed by atoms with Crippen LogP contribution in [0.2, 0.25) is 0 Å². The molecule has 0 aromatic heterocycles. The quantitative estimate of drug-likeness (QED) is 0.262. The first-order chi connectivity index (χ1) is 14.7. The number of carbonyl (C=O) groups is 3. The Labute approximate surface area is 198 Å². The van der Waals surface area contributed by atoms with Crippen LogP contribution in [0.5, 0.6) is 11.5 Å². The molecule has 1 aromatic rings. The fourth-order valence-electron chi connectivity index (χ4n) is 3.78. The zero-order valence-electron chi connectivity index (χ0n) is 19.9. The summed E-state index contributed by atoms with van der Waals surface area (Å²) in [5.74, 6) is -0.311. The number of nitrogens with one attached hydrogen (secondary N) is 1. The number of hydrogen-bond donors (Lipinski definition) is 1. The molecule has 1 atom stereocenters. The predicted octanol–water partition coefficient (Wildman–Crippen LogP) is 5.50. The normalized spacial score (nSPS) is 14.8. The van der Waals surface area contributed by atoms with Gasteiger partial charge in [0.25, 0.3) is 0 Å². The highest BCUT2D eigenvalue weighted by Gasteiger charge is 2.25. The van der Waals surface area contributed by atoms with Gasteiger partial charge in [0, 0.05) is 24.4 Å². The van der Waals surface area contributed by atoms with Crippen LogP contribution in [0.1, 0.15) is 89.9 Å². The zero-order valence-corrected chi connectivity index (χ0v) is 20.8. The highest BCUT2D eigenvalue weighted by molar-refractivity contribution is 6.00. The Morgan fingerprint density at radius 1 is 0.938 bits per heavy atom. The summed E-state index contributed by atoms with van der Waals surface area (Å²) in [7, 11) is 0. The minimum Gasteiger partial charge on any atom is -0.423 e. The van der Waals surface area contributed by atoms with Crippen molar-refractivity contribution in [3.63, 3.8) is 0 Å². The van der Waals surface area contributed by atoms with Gasteiger partial charge in [0.2, 0.25) is 0 Å². The van der Waals surface area contributed by atoms with Crippen molar-refractivity contribution in [3.8, 4) is 11.5 Å². The minimum absolute atomic E-state index is 0. The highest BCUT2D eigenvalue weighted by atomic mass is 35.5. The molecule has 0 aliphatic heterocycles. The lowest BCUT2D eigenvalue weighted by Crippen LogP contribution is -2.41. The van der Waals surface area contributed by atoms with E-state index in [9.17, 15) is 14.4 Å². The lowest BCUT2D eigenvalue weighted by molar-refractivity contribution is -0.138. The van der Waals surface area contributed by atoms with E-state index in [1.54, 1.807) is 12.1 Å². The van der Waals surface area contributed by atoms with Crippen LogP contribution in [-0.4, -0.2) is 29.8 Å². The topological polar surface area (TPSA) is 81.7 Å². The summed E-state index contributed by atoms with van der Waals surface area (Å²) in [5.41, 5.74) is 0.438. The maximum Gasteiger partial charge on any atom is 0.311 e. The number of benzene rings is 1. The molecular weight excluding hydrogens is 430 g/mol. The van der Waals surface area contributed by atoms with Gasteiger partial charge in [-0.2, -0.15) is 0 Å². The van der Waals surface area contributed by atoms with Gasteiger partial charge in [0.05, 0.1) is 6.04 Å². The van der Waals surface area contributed by atoms with Crippen LogP contribution in [0.4, 0.5) is 0 Å². The Morgan fingerprint density at radius 3 is 1.97 bits per heavy atom. The first-order valence-electron chi connectivity index (χ1n) is 11.5. The third kappa shape index (κ3) is 8.91. The molecular formula is C25H38ClNO5. The second kappa shape index (κ2) is 13.6. The first kappa shape index (κ1) is 28.1. The van der Waals surface area contributed by atoms with E-state index in [4.69, 9.17) is 9.47 Å². The van der Waals surface area contributed by atoms with Gasteiger partial charge >= 0.3 is 11.9 Å². The van der Waals surface area contributed by atoms with E-state index in [0.29, 0.717) is 18.0 Å². The molecule has 0 spiro atoms. The Morgan fingerprint density at radius 2 is 1.47 bits per heavy atom. The molecule has 2 rings (SSSR count). The van der Waals surface area contributed by atoms with E-state index in [0.717, 1.165) is 12.8 Å². The van der Waals surface area contributed by atoms with E-state index in [1.807, 2.05) is 34.6 Å². The molecule has 1 fully saturated rings. The molecule has 180 valence electrons. The molecule has 0 radical (unpaired) electrons. The van der Waals surface area contributed by atoms with Gasteiger partial charge in [0.1, 0.15) is 0 Å². The minimum atomic E-state index is -0.420. The summed E-state index contributed by atoms with van der Waals surface area (Å²) in [6.07, 6.45) is 5.72. The Kier molecular flexibility index (Phi) is 11.9. The van der Waals surface area contributed by atoms with Crippen molar-refractivity contribution >= 4 is 30.1 Å². The first-order valence-corrected chi connectivity index (χ1v) is 11.5. The number of ether oxygens (including phenoxy) is 2. The summed E-state index contributed by atoms with van der Waals surface area (Å²) in [4.78, 5) is 37.6. The van der Waals surface area contributed by atoms with Crippen molar-refractivity contribution in [2.45, 2.75) is 91.6 Å². The van der Waals surface area contributed by atoms with Crippen LogP contribution in [0.3, 0.4) is 0 Å². The van der Waals surface area contributed by atoms with E-state index in [-0.39, 0.29) is 60.4 Å². The van der Waals surface area contributed by atoms with Crippen molar-refractivity contribution < 1.29 is 23.9 Å². The van der Waals surface area contributed by atoms with Crippen molar-refractivity contribution in [2.75, 3.05) is 0 Å². The number of ketones is 1. The van der Waals surface area contributed by atoms with E-state index < -0.39 is 11.9 Å². The lowest BCUT2D eigenvalue weighted by atomic mass is 10.0. The molecule has 1 saturated carbocycles. The molecule has 1 aromatic carbocycles. The number of hydrogen-bond acceptors (Lipinski definition) is 6. The fraction of sp³-hybridized carbons (Fsp3) is 0.640. The summed E-state index contributed by atoms with van der Waals surface area (Å²) >= 11 is 0. The Hall–Kier alpha value is -1.92. The molecule has 1 unspecified atom stereocenters. The molecule has 0 bridgehead atoms. The van der Waals surface area contributed by atoms with Crippen LogP contribution in [-0.2, 0) is 9.59 Å². The van der Waals surface area contributed by atoms with Gasteiger partial charge in [-0.05, 0) is 49.3 Å². The molecule has 0 heterocycles. The third-order valence-electron chi connectivity index (χ3n) is 5.34. The van der Waals surface area contributed by atoms with Gasteiger partial charge in [-0.3, -0.25) is 14.4 Å². The molecule has 1 N–H and O–H groups in total. The van der Waals surface area contributed by atoms with E-state index in [1.165, 1.54) is 18.9 Å². The average molecular weight is 468 g/mol. The maximum absolute atomic E-state index is 13.1. The molecule has 6 nitrogen and oxygen atoms in total. The second-order valence-corrected chi connectivity index (χ2v) is 9.28. The summed E-state index contributed by atoms with van der Waals surface area (Å²) < 4.78 is 11.0. The summed E-state index contributed by atoms with van der Waals surface area (Å²) in [5, 5.41) is 3.48.